The lowest BCUT2D eigenvalue weighted by atomic mass is 10.1. The summed E-state index contributed by atoms with van der Waals surface area (Å²) in [5.74, 6) is -0.739. The van der Waals surface area contributed by atoms with Gasteiger partial charge < -0.3 is 10.5 Å². The van der Waals surface area contributed by atoms with Gasteiger partial charge in [-0.3, -0.25) is 15.5 Å². The van der Waals surface area contributed by atoms with Crippen LogP contribution in [0.25, 0.3) is 0 Å². The van der Waals surface area contributed by atoms with Gasteiger partial charge in [-0.2, -0.15) is 0 Å². The van der Waals surface area contributed by atoms with Gasteiger partial charge in [0.05, 0.1) is 16.6 Å². The standard InChI is InChI=1S/C14H12FN3O3/c15-13-9(3-1-6-12(13)14(16)17)8-21-11-5-2-4-10(7-11)18(19)20/h1-7H,8H2,(H3,16,17). The van der Waals surface area contributed by atoms with E-state index in [4.69, 9.17) is 15.9 Å². The summed E-state index contributed by atoms with van der Waals surface area (Å²) in [5.41, 5.74) is 5.38. The number of nitrogens with one attached hydrogen (secondary N) is 1. The van der Waals surface area contributed by atoms with Crippen molar-refractivity contribution in [3.63, 3.8) is 0 Å². The summed E-state index contributed by atoms with van der Waals surface area (Å²) in [7, 11) is 0. The number of nitrogens with two attached hydrogens (primary N) is 1. The van der Waals surface area contributed by atoms with E-state index in [-0.39, 0.29) is 35.0 Å². The van der Waals surface area contributed by atoms with E-state index in [2.05, 4.69) is 0 Å². The molecule has 7 heteroatoms. The number of benzene rings is 2. The lowest BCUT2D eigenvalue weighted by Gasteiger charge is -2.09. The highest BCUT2D eigenvalue weighted by atomic mass is 19.1. The molecule has 0 aliphatic rings. The van der Waals surface area contributed by atoms with Gasteiger partial charge in [0, 0.05) is 11.6 Å². The molecule has 2 aromatic carbocycles. The Morgan fingerprint density at radius 1 is 1.33 bits per heavy atom. The predicted molar refractivity (Wildman–Crippen MR) is 74.8 cm³/mol. The van der Waals surface area contributed by atoms with Gasteiger partial charge in [-0.15, -0.1) is 0 Å². The zero-order valence-corrected chi connectivity index (χ0v) is 10.9. The van der Waals surface area contributed by atoms with Crippen LogP contribution >= 0.6 is 0 Å². The van der Waals surface area contributed by atoms with Gasteiger partial charge in [-0.1, -0.05) is 18.2 Å². The quantitative estimate of drug-likeness (QED) is 0.382. The highest BCUT2D eigenvalue weighted by Crippen LogP contribution is 2.21. The zero-order chi connectivity index (χ0) is 15.4. The van der Waals surface area contributed by atoms with E-state index in [0.717, 1.165) is 0 Å². The summed E-state index contributed by atoms with van der Waals surface area (Å²) in [6.07, 6.45) is 0. The van der Waals surface area contributed by atoms with Gasteiger partial charge in [-0.05, 0) is 12.1 Å². The molecule has 0 aliphatic carbocycles. The third kappa shape index (κ3) is 3.33. The van der Waals surface area contributed by atoms with Crippen molar-refractivity contribution in [1.29, 1.82) is 5.41 Å². The van der Waals surface area contributed by atoms with Crippen molar-refractivity contribution in [3.05, 3.63) is 69.5 Å². The Balaban J connectivity index is 2.17. The molecule has 2 rings (SSSR count). The van der Waals surface area contributed by atoms with E-state index >= 15 is 0 Å². The maximum absolute atomic E-state index is 14.0. The van der Waals surface area contributed by atoms with Crippen LogP contribution in [0.1, 0.15) is 11.1 Å². The first-order chi connectivity index (χ1) is 9.99. The van der Waals surface area contributed by atoms with E-state index in [0.29, 0.717) is 0 Å². The van der Waals surface area contributed by atoms with Gasteiger partial charge in [-0.25, -0.2) is 4.39 Å². The van der Waals surface area contributed by atoms with Crippen LogP contribution in [-0.2, 0) is 6.61 Å². The summed E-state index contributed by atoms with van der Waals surface area (Å²) < 4.78 is 19.4. The van der Waals surface area contributed by atoms with Crippen LogP contribution < -0.4 is 10.5 Å². The first-order valence-corrected chi connectivity index (χ1v) is 5.98. The van der Waals surface area contributed by atoms with Crippen molar-refractivity contribution in [2.75, 3.05) is 0 Å². The number of ether oxygens (including phenoxy) is 1. The first kappa shape index (κ1) is 14.4. The highest BCUT2D eigenvalue weighted by Gasteiger charge is 2.11. The average Bonchev–Trinajstić information content (AvgIpc) is 2.46. The molecule has 0 fully saturated rings. The second-order valence-corrected chi connectivity index (χ2v) is 4.24. The normalized spacial score (nSPS) is 10.1. The molecule has 0 radical (unpaired) electrons. The molecule has 2 aromatic rings. The van der Waals surface area contributed by atoms with E-state index < -0.39 is 10.7 Å². The number of non-ortho nitro benzene ring substituents is 1. The van der Waals surface area contributed by atoms with Crippen molar-refractivity contribution >= 4 is 11.5 Å². The fourth-order valence-corrected chi connectivity index (χ4v) is 1.75. The molecule has 6 nitrogen and oxygen atoms in total. The maximum Gasteiger partial charge on any atom is 0.273 e. The van der Waals surface area contributed by atoms with Crippen molar-refractivity contribution in [1.82, 2.24) is 0 Å². The third-order valence-corrected chi connectivity index (χ3v) is 2.79. The fourth-order valence-electron chi connectivity index (χ4n) is 1.75. The van der Waals surface area contributed by atoms with E-state index in [9.17, 15) is 14.5 Å². The summed E-state index contributed by atoms with van der Waals surface area (Å²) in [6, 6.07) is 10.1. The lowest BCUT2D eigenvalue weighted by Crippen LogP contribution is -2.14. The van der Waals surface area contributed by atoms with Gasteiger partial charge in [0.1, 0.15) is 24.0 Å². The summed E-state index contributed by atoms with van der Waals surface area (Å²) in [6.45, 7) is -0.117. The minimum Gasteiger partial charge on any atom is -0.489 e. The monoisotopic (exact) mass is 289 g/mol. The lowest BCUT2D eigenvalue weighted by molar-refractivity contribution is -0.384. The molecule has 0 spiro atoms. The van der Waals surface area contributed by atoms with Crippen molar-refractivity contribution in [2.24, 2.45) is 5.73 Å². The van der Waals surface area contributed by atoms with Crippen LogP contribution in [0.3, 0.4) is 0 Å². The van der Waals surface area contributed by atoms with Gasteiger partial charge in [0.25, 0.3) is 5.69 Å². The highest BCUT2D eigenvalue weighted by molar-refractivity contribution is 5.95. The number of hydrogen-bond acceptors (Lipinski definition) is 4. The molecule has 0 saturated heterocycles. The Bertz CT molecular complexity index is 704. The number of nitrogens with zero attached hydrogens (tertiary/aromatic N) is 1. The SMILES string of the molecule is N=C(N)c1cccc(COc2cccc([N+](=O)[O-])c2)c1F. The molecule has 0 aromatic heterocycles. The Kier molecular flexibility index (Phi) is 4.13. The van der Waals surface area contributed by atoms with Crippen molar-refractivity contribution in [2.45, 2.75) is 6.61 Å². The number of nitro groups is 1. The molecule has 0 saturated carbocycles. The number of hydrogen-bond donors (Lipinski definition) is 2. The van der Waals surface area contributed by atoms with E-state index in [1.807, 2.05) is 0 Å². The summed E-state index contributed by atoms with van der Waals surface area (Å²) in [5, 5.41) is 17.9. The molecule has 0 bridgehead atoms. The molecule has 0 aliphatic heterocycles. The number of nitrogen functional groups attached to an aromatic ring is 1. The van der Waals surface area contributed by atoms with Crippen LogP contribution in [0.4, 0.5) is 10.1 Å². The molecule has 3 N–H and O–H groups in total. The first-order valence-electron chi connectivity index (χ1n) is 5.98. The molecule has 0 amide bonds. The molecular weight excluding hydrogens is 277 g/mol. The Morgan fingerprint density at radius 3 is 2.71 bits per heavy atom. The maximum atomic E-state index is 14.0. The summed E-state index contributed by atoms with van der Waals surface area (Å²) >= 11 is 0. The van der Waals surface area contributed by atoms with Gasteiger partial charge in [0.15, 0.2) is 0 Å². The molecule has 0 atom stereocenters. The summed E-state index contributed by atoms with van der Waals surface area (Å²) in [4.78, 5) is 10.1. The number of halogens is 1. The average molecular weight is 289 g/mol. The molecule has 0 heterocycles. The second kappa shape index (κ2) is 6.00. The predicted octanol–water partition coefficient (Wildman–Crippen LogP) is 2.60. The molecule has 108 valence electrons. The Hall–Kier alpha value is -2.96. The molecule has 21 heavy (non-hydrogen) atoms. The number of rotatable bonds is 5. The molecular formula is C14H12FN3O3. The minimum atomic E-state index is -0.629. The Labute approximate surface area is 119 Å². The van der Waals surface area contributed by atoms with Gasteiger partial charge in [0.2, 0.25) is 0 Å². The van der Waals surface area contributed by atoms with Crippen LogP contribution in [0.2, 0.25) is 0 Å². The zero-order valence-electron chi connectivity index (χ0n) is 10.9. The number of nitro benzene ring substituents is 1. The second-order valence-electron chi connectivity index (χ2n) is 4.24. The topological polar surface area (TPSA) is 102 Å². The van der Waals surface area contributed by atoms with Crippen LogP contribution in [0, 0.1) is 21.3 Å². The van der Waals surface area contributed by atoms with Crippen molar-refractivity contribution in [3.8, 4) is 5.75 Å². The third-order valence-electron chi connectivity index (χ3n) is 2.79. The van der Waals surface area contributed by atoms with Crippen LogP contribution in [0.5, 0.6) is 5.75 Å². The van der Waals surface area contributed by atoms with Crippen LogP contribution in [-0.4, -0.2) is 10.8 Å². The van der Waals surface area contributed by atoms with Crippen molar-refractivity contribution < 1.29 is 14.1 Å². The van der Waals surface area contributed by atoms with Gasteiger partial charge >= 0.3 is 0 Å². The molecule has 0 unspecified atom stereocenters. The number of amidine groups is 1. The fraction of sp³-hybridized carbons (Fsp3) is 0.0714. The largest absolute Gasteiger partial charge is 0.489 e. The van der Waals surface area contributed by atoms with E-state index in [1.54, 1.807) is 12.1 Å². The van der Waals surface area contributed by atoms with Crippen LogP contribution in [0.15, 0.2) is 42.5 Å². The minimum absolute atomic E-state index is 0.00450. The van der Waals surface area contributed by atoms with E-state index in [1.165, 1.54) is 30.3 Å². The smallest absolute Gasteiger partial charge is 0.273 e. The Morgan fingerprint density at radius 2 is 2.05 bits per heavy atom.